The molecule has 128 valence electrons. The quantitative estimate of drug-likeness (QED) is 0.812. The molecule has 5 heteroatoms. The van der Waals surface area contributed by atoms with Gasteiger partial charge in [0.2, 0.25) is 0 Å². The molecular weight excluding hydrogens is 292 g/mol. The first kappa shape index (κ1) is 17.6. The topological polar surface area (TPSA) is 61.8 Å². The van der Waals surface area contributed by atoms with Crippen molar-refractivity contribution < 1.29 is 14.6 Å². The third kappa shape index (κ3) is 5.43. The van der Waals surface area contributed by atoms with E-state index in [1.807, 2.05) is 29.2 Å². The number of piperidine rings is 1. The number of nitrogens with one attached hydrogen (secondary N) is 1. The Labute approximate surface area is 138 Å². The number of para-hydroxylation sites is 1. The number of carbonyl (C=O) groups is 1. The highest BCUT2D eigenvalue weighted by Crippen LogP contribution is 2.21. The van der Waals surface area contributed by atoms with Crippen LogP contribution >= 0.6 is 0 Å². The molecule has 1 aliphatic heterocycles. The maximum atomic E-state index is 12.4. The van der Waals surface area contributed by atoms with Crippen LogP contribution in [0.2, 0.25) is 0 Å². The maximum Gasteiger partial charge on any atom is 0.317 e. The number of urea groups is 1. The number of aliphatic hydroxyl groups excluding tert-OH is 1. The van der Waals surface area contributed by atoms with Gasteiger partial charge in [0.1, 0.15) is 12.4 Å². The number of aliphatic hydroxyl groups is 1. The van der Waals surface area contributed by atoms with Gasteiger partial charge < -0.3 is 20.1 Å². The fourth-order valence-electron chi connectivity index (χ4n) is 3.12. The number of amides is 2. The molecule has 0 aliphatic carbocycles. The molecule has 0 saturated carbocycles. The standard InChI is InChI=1S/C18H28N2O3/c1-2-6-15-7-5-10-20(14-15)18(22)19-13-16-8-3-4-9-17(16)23-12-11-21/h3-4,8-9,15,21H,2,5-7,10-14H2,1H3,(H,19,22). The van der Waals surface area contributed by atoms with Crippen molar-refractivity contribution in [2.75, 3.05) is 26.3 Å². The SMILES string of the molecule is CCCC1CCCN(C(=O)NCc2ccccc2OCCO)C1. The average molecular weight is 320 g/mol. The first-order chi connectivity index (χ1) is 11.2. The highest BCUT2D eigenvalue weighted by atomic mass is 16.5. The van der Waals surface area contributed by atoms with Crippen LogP contribution in [0.15, 0.2) is 24.3 Å². The van der Waals surface area contributed by atoms with E-state index < -0.39 is 0 Å². The van der Waals surface area contributed by atoms with Crippen LogP contribution < -0.4 is 10.1 Å². The maximum absolute atomic E-state index is 12.4. The van der Waals surface area contributed by atoms with E-state index in [1.165, 1.54) is 19.3 Å². The van der Waals surface area contributed by atoms with Crippen molar-refractivity contribution in [3.05, 3.63) is 29.8 Å². The molecule has 0 spiro atoms. The third-order valence-corrected chi connectivity index (χ3v) is 4.25. The number of rotatable bonds is 7. The van der Waals surface area contributed by atoms with Crippen LogP contribution in [0.5, 0.6) is 5.75 Å². The number of hydrogen-bond acceptors (Lipinski definition) is 3. The summed E-state index contributed by atoms with van der Waals surface area (Å²) in [6.07, 6.45) is 4.70. The number of carbonyl (C=O) groups excluding carboxylic acids is 1. The van der Waals surface area contributed by atoms with Gasteiger partial charge in [-0.15, -0.1) is 0 Å². The predicted molar refractivity (Wildman–Crippen MR) is 90.5 cm³/mol. The Balaban J connectivity index is 1.86. The summed E-state index contributed by atoms with van der Waals surface area (Å²) in [5.74, 6) is 1.35. The predicted octanol–water partition coefficient (Wildman–Crippen LogP) is 2.78. The molecule has 1 atom stereocenters. The summed E-state index contributed by atoms with van der Waals surface area (Å²) < 4.78 is 5.50. The van der Waals surface area contributed by atoms with E-state index in [-0.39, 0.29) is 19.2 Å². The van der Waals surface area contributed by atoms with E-state index in [4.69, 9.17) is 9.84 Å². The normalized spacial score (nSPS) is 17.8. The lowest BCUT2D eigenvalue weighted by Gasteiger charge is -2.32. The molecule has 2 rings (SSSR count). The number of likely N-dealkylation sites (tertiary alicyclic amines) is 1. The lowest BCUT2D eigenvalue weighted by atomic mass is 9.94. The van der Waals surface area contributed by atoms with Crippen molar-refractivity contribution >= 4 is 6.03 Å². The molecule has 1 unspecified atom stereocenters. The number of benzene rings is 1. The minimum absolute atomic E-state index is 0.00256. The fraction of sp³-hybridized carbons (Fsp3) is 0.611. The molecule has 1 saturated heterocycles. The first-order valence-electron chi connectivity index (χ1n) is 8.59. The summed E-state index contributed by atoms with van der Waals surface area (Å²) in [5, 5.41) is 11.9. The average Bonchev–Trinajstić information content (AvgIpc) is 2.59. The molecule has 0 aromatic heterocycles. The zero-order valence-electron chi connectivity index (χ0n) is 14.0. The van der Waals surface area contributed by atoms with Gasteiger partial charge in [0, 0.05) is 25.2 Å². The Morgan fingerprint density at radius 1 is 1.43 bits per heavy atom. The van der Waals surface area contributed by atoms with Gasteiger partial charge in [-0.3, -0.25) is 0 Å². The Morgan fingerprint density at radius 2 is 2.26 bits per heavy atom. The second-order valence-corrected chi connectivity index (χ2v) is 6.08. The lowest BCUT2D eigenvalue weighted by molar-refractivity contribution is 0.161. The smallest absolute Gasteiger partial charge is 0.317 e. The van der Waals surface area contributed by atoms with Crippen molar-refractivity contribution in [1.82, 2.24) is 10.2 Å². The molecule has 1 aliphatic rings. The molecule has 1 aromatic rings. The van der Waals surface area contributed by atoms with Crippen LogP contribution in [0, 0.1) is 5.92 Å². The van der Waals surface area contributed by atoms with Crippen LogP contribution in [-0.4, -0.2) is 42.3 Å². The zero-order chi connectivity index (χ0) is 16.5. The molecule has 2 amide bonds. The van der Waals surface area contributed by atoms with Crippen molar-refractivity contribution in [3.8, 4) is 5.75 Å². The van der Waals surface area contributed by atoms with Gasteiger partial charge in [0.05, 0.1) is 6.61 Å². The summed E-state index contributed by atoms with van der Waals surface area (Å²) in [6.45, 7) is 4.58. The summed E-state index contributed by atoms with van der Waals surface area (Å²) in [7, 11) is 0. The van der Waals surface area contributed by atoms with E-state index in [2.05, 4.69) is 12.2 Å². The van der Waals surface area contributed by atoms with Gasteiger partial charge in [-0.1, -0.05) is 31.5 Å². The van der Waals surface area contributed by atoms with E-state index >= 15 is 0 Å². The van der Waals surface area contributed by atoms with E-state index in [1.54, 1.807) is 0 Å². The number of ether oxygens (including phenoxy) is 1. The zero-order valence-corrected chi connectivity index (χ0v) is 14.0. The summed E-state index contributed by atoms with van der Waals surface area (Å²) >= 11 is 0. The van der Waals surface area contributed by atoms with Crippen LogP contribution in [0.1, 0.15) is 38.2 Å². The van der Waals surface area contributed by atoms with Gasteiger partial charge in [0.15, 0.2) is 0 Å². The Morgan fingerprint density at radius 3 is 3.04 bits per heavy atom. The van der Waals surface area contributed by atoms with Crippen LogP contribution in [-0.2, 0) is 6.54 Å². The number of hydrogen-bond donors (Lipinski definition) is 2. The molecule has 1 fully saturated rings. The van der Waals surface area contributed by atoms with Gasteiger partial charge in [-0.2, -0.15) is 0 Å². The first-order valence-corrected chi connectivity index (χ1v) is 8.59. The van der Waals surface area contributed by atoms with Gasteiger partial charge in [0.25, 0.3) is 0 Å². The minimum Gasteiger partial charge on any atom is -0.491 e. The second-order valence-electron chi connectivity index (χ2n) is 6.08. The van der Waals surface area contributed by atoms with E-state index in [0.29, 0.717) is 18.2 Å². The van der Waals surface area contributed by atoms with Crippen LogP contribution in [0.25, 0.3) is 0 Å². The molecule has 5 nitrogen and oxygen atoms in total. The molecule has 23 heavy (non-hydrogen) atoms. The largest absolute Gasteiger partial charge is 0.491 e. The van der Waals surface area contributed by atoms with Crippen molar-refractivity contribution in [3.63, 3.8) is 0 Å². The summed E-state index contributed by atoms with van der Waals surface area (Å²) in [6, 6.07) is 7.60. The van der Waals surface area contributed by atoms with Gasteiger partial charge in [-0.05, 0) is 31.2 Å². The second kappa shape index (κ2) is 9.40. The Bertz CT molecular complexity index is 491. The molecule has 0 bridgehead atoms. The van der Waals surface area contributed by atoms with Crippen molar-refractivity contribution in [2.24, 2.45) is 5.92 Å². The van der Waals surface area contributed by atoms with Gasteiger partial charge in [-0.25, -0.2) is 4.79 Å². The Hall–Kier alpha value is -1.75. The van der Waals surface area contributed by atoms with Crippen LogP contribution in [0.3, 0.4) is 0 Å². The minimum atomic E-state index is -0.0205. The van der Waals surface area contributed by atoms with Crippen LogP contribution in [0.4, 0.5) is 4.79 Å². The molecule has 2 N–H and O–H groups in total. The number of nitrogens with zero attached hydrogens (tertiary/aromatic N) is 1. The molecule has 1 aromatic carbocycles. The fourth-order valence-corrected chi connectivity index (χ4v) is 3.12. The highest BCUT2D eigenvalue weighted by molar-refractivity contribution is 5.74. The molecule has 1 heterocycles. The van der Waals surface area contributed by atoms with E-state index in [9.17, 15) is 4.79 Å². The molecule has 0 radical (unpaired) electrons. The third-order valence-electron chi connectivity index (χ3n) is 4.25. The lowest BCUT2D eigenvalue weighted by Crippen LogP contribution is -2.45. The van der Waals surface area contributed by atoms with Gasteiger partial charge >= 0.3 is 6.03 Å². The van der Waals surface area contributed by atoms with Crippen molar-refractivity contribution in [2.45, 2.75) is 39.2 Å². The molecular formula is C18H28N2O3. The van der Waals surface area contributed by atoms with E-state index in [0.717, 1.165) is 25.1 Å². The summed E-state index contributed by atoms with van der Waals surface area (Å²) in [4.78, 5) is 14.3. The monoisotopic (exact) mass is 320 g/mol. The van der Waals surface area contributed by atoms with Crippen molar-refractivity contribution in [1.29, 1.82) is 0 Å². The Kier molecular flexibility index (Phi) is 7.20. The highest BCUT2D eigenvalue weighted by Gasteiger charge is 2.22. The summed E-state index contributed by atoms with van der Waals surface area (Å²) in [5.41, 5.74) is 0.927.